The number of nitrogens with two attached hydrogens (primary N) is 1. The topological polar surface area (TPSA) is 32.5 Å². The Bertz CT molecular complexity index is 306. The predicted octanol–water partition coefficient (Wildman–Crippen LogP) is 1.53. The molecule has 0 aromatic rings. The molecule has 0 amide bonds. The summed E-state index contributed by atoms with van der Waals surface area (Å²) < 4.78 is 0. The zero-order chi connectivity index (χ0) is 12.8. The monoisotopic (exact) mass is 251 g/mol. The van der Waals surface area contributed by atoms with E-state index in [9.17, 15) is 0 Å². The van der Waals surface area contributed by atoms with Crippen molar-refractivity contribution in [1.82, 2.24) is 9.80 Å². The van der Waals surface area contributed by atoms with Gasteiger partial charge in [0.15, 0.2) is 0 Å². The first-order valence-electron chi connectivity index (χ1n) is 7.86. The third-order valence-corrected chi connectivity index (χ3v) is 6.13. The Balaban J connectivity index is 1.79. The molecule has 0 aromatic heterocycles. The minimum atomic E-state index is 0.310. The zero-order valence-corrected chi connectivity index (χ0v) is 12.1. The summed E-state index contributed by atoms with van der Waals surface area (Å²) in [6, 6.07) is 0.753. The maximum absolute atomic E-state index is 6.27. The van der Waals surface area contributed by atoms with E-state index in [1.165, 1.54) is 51.9 Å². The van der Waals surface area contributed by atoms with Crippen LogP contribution in [0.15, 0.2) is 0 Å². The molecule has 3 nitrogen and oxygen atoms in total. The fraction of sp³-hybridized carbons (Fsp3) is 1.00. The molecular formula is C15H29N3. The summed E-state index contributed by atoms with van der Waals surface area (Å²) in [5, 5.41) is 0. The van der Waals surface area contributed by atoms with Gasteiger partial charge in [0.1, 0.15) is 0 Å². The van der Waals surface area contributed by atoms with E-state index < -0.39 is 0 Å². The Hall–Kier alpha value is -0.120. The van der Waals surface area contributed by atoms with Crippen molar-refractivity contribution in [1.29, 1.82) is 0 Å². The molecule has 3 saturated heterocycles. The third kappa shape index (κ3) is 1.83. The van der Waals surface area contributed by atoms with Crippen molar-refractivity contribution in [3.63, 3.8) is 0 Å². The average Bonchev–Trinajstić information content (AvgIpc) is 2.94. The Morgan fingerprint density at radius 1 is 1.11 bits per heavy atom. The van der Waals surface area contributed by atoms with Gasteiger partial charge in [0.25, 0.3) is 0 Å². The third-order valence-electron chi connectivity index (χ3n) is 6.13. The summed E-state index contributed by atoms with van der Waals surface area (Å²) in [5.74, 6) is 1.72. The normalized spacial score (nSPS) is 46.5. The summed E-state index contributed by atoms with van der Waals surface area (Å²) in [6.07, 6.45) is 5.41. The lowest BCUT2D eigenvalue weighted by Crippen LogP contribution is -2.62. The van der Waals surface area contributed by atoms with Crippen LogP contribution < -0.4 is 5.73 Å². The SMILES string of the molecule is CC1CCN(C2(CN)CCN3CCCC32)CC1C. The van der Waals surface area contributed by atoms with Gasteiger partial charge in [-0.05, 0) is 50.6 Å². The maximum Gasteiger partial charge on any atom is 0.0498 e. The molecule has 0 aliphatic carbocycles. The second-order valence-corrected chi connectivity index (χ2v) is 6.94. The van der Waals surface area contributed by atoms with Crippen molar-refractivity contribution in [2.24, 2.45) is 17.6 Å². The van der Waals surface area contributed by atoms with Crippen LogP contribution in [0.25, 0.3) is 0 Å². The zero-order valence-electron chi connectivity index (χ0n) is 12.1. The molecule has 2 N–H and O–H groups in total. The highest BCUT2D eigenvalue weighted by Gasteiger charge is 2.52. The van der Waals surface area contributed by atoms with Crippen molar-refractivity contribution in [2.45, 2.75) is 51.1 Å². The van der Waals surface area contributed by atoms with Gasteiger partial charge in [0.05, 0.1) is 0 Å². The van der Waals surface area contributed by atoms with Crippen LogP contribution in [0.5, 0.6) is 0 Å². The first kappa shape index (κ1) is 12.9. The van der Waals surface area contributed by atoms with E-state index in [1.54, 1.807) is 0 Å². The number of rotatable bonds is 2. The molecule has 3 rings (SSSR count). The first-order valence-corrected chi connectivity index (χ1v) is 7.86. The van der Waals surface area contributed by atoms with E-state index in [0.29, 0.717) is 5.54 Å². The van der Waals surface area contributed by atoms with Crippen molar-refractivity contribution < 1.29 is 0 Å². The van der Waals surface area contributed by atoms with E-state index in [0.717, 1.165) is 24.4 Å². The molecule has 4 atom stereocenters. The minimum Gasteiger partial charge on any atom is -0.329 e. The number of fused-ring (bicyclic) bond motifs is 1. The predicted molar refractivity (Wildman–Crippen MR) is 75.5 cm³/mol. The highest BCUT2D eigenvalue weighted by Crippen LogP contribution is 2.41. The molecule has 3 fully saturated rings. The molecule has 0 bridgehead atoms. The van der Waals surface area contributed by atoms with Gasteiger partial charge in [0, 0.05) is 31.2 Å². The Labute approximate surface area is 112 Å². The lowest BCUT2D eigenvalue weighted by molar-refractivity contribution is 0.0136. The van der Waals surface area contributed by atoms with Crippen LogP contribution >= 0.6 is 0 Å². The molecule has 0 spiro atoms. The number of hydrogen-bond donors (Lipinski definition) is 1. The maximum atomic E-state index is 6.27. The van der Waals surface area contributed by atoms with E-state index in [1.807, 2.05) is 0 Å². The summed E-state index contributed by atoms with van der Waals surface area (Å²) in [7, 11) is 0. The van der Waals surface area contributed by atoms with E-state index in [4.69, 9.17) is 5.73 Å². The van der Waals surface area contributed by atoms with E-state index in [2.05, 4.69) is 23.6 Å². The Morgan fingerprint density at radius 3 is 2.67 bits per heavy atom. The largest absolute Gasteiger partial charge is 0.329 e. The van der Waals surface area contributed by atoms with Gasteiger partial charge in [-0.1, -0.05) is 13.8 Å². The van der Waals surface area contributed by atoms with Gasteiger partial charge in [-0.15, -0.1) is 0 Å². The van der Waals surface area contributed by atoms with Gasteiger partial charge in [-0.2, -0.15) is 0 Å². The van der Waals surface area contributed by atoms with Crippen molar-refractivity contribution >= 4 is 0 Å². The molecule has 3 aliphatic rings. The average molecular weight is 251 g/mol. The molecule has 104 valence electrons. The fourth-order valence-electron chi connectivity index (χ4n) is 4.61. The van der Waals surface area contributed by atoms with Crippen molar-refractivity contribution in [3.05, 3.63) is 0 Å². The van der Waals surface area contributed by atoms with Gasteiger partial charge >= 0.3 is 0 Å². The van der Waals surface area contributed by atoms with E-state index in [-0.39, 0.29) is 0 Å². The molecule has 3 aliphatic heterocycles. The first-order chi connectivity index (χ1) is 8.67. The summed E-state index contributed by atoms with van der Waals surface area (Å²) in [6.45, 7) is 10.8. The summed E-state index contributed by atoms with van der Waals surface area (Å²) in [5.41, 5.74) is 6.58. The van der Waals surface area contributed by atoms with Crippen molar-refractivity contribution in [3.8, 4) is 0 Å². The lowest BCUT2D eigenvalue weighted by Gasteiger charge is -2.49. The van der Waals surface area contributed by atoms with Crippen LogP contribution in [0.4, 0.5) is 0 Å². The van der Waals surface area contributed by atoms with Crippen LogP contribution in [-0.2, 0) is 0 Å². The summed E-state index contributed by atoms with van der Waals surface area (Å²) in [4.78, 5) is 5.48. The number of piperidine rings is 1. The number of hydrogen-bond acceptors (Lipinski definition) is 3. The minimum absolute atomic E-state index is 0.310. The van der Waals surface area contributed by atoms with Crippen LogP contribution in [0, 0.1) is 11.8 Å². The lowest BCUT2D eigenvalue weighted by atomic mass is 9.81. The quantitative estimate of drug-likeness (QED) is 0.808. The Kier molecular flexibility index (Phi) is 3.41. The molecule has 4 unspecified atom stereocenters. The summed E-state index contributed by atoms with van der Waals surface area (Å²) >= 11 is 0. The molecular weight excluding hydrogens is 222 g/mol. The van der Waals surface area contributed by atoms with Gasteiger partial charge < -0.3 is 5.73 Å². The molecule has 0 saturated carbocycles. The highest BCUT2D eigenvalue weighted by atomic mass is 15.3. The molecule has 0 aromatic carbocycles. The van der Waals surface area contributed by atoms with Crippen LogP contribution in [-0.4, -0.2) is 54.1 Å². The standard InChI is InChI=1S/C15H29N3/c1-12-5-8-18(10-13(12)2)15(11-16)6-9-17-7-3-4-14(15)17/h12-14H,3-11,16H2,1-2H3. The van der Waals surface area contributed by atoms with Gasteiger partial charge in [-0.25, -0.2) is 0 Å². The smallest absolute Gasteiger partial charge is 0.0498 e. The van der Waals surface area contributed by atoms with E-state index >= 15 is 0 Å². The fourth-order valence-corrected chi connectivity index (χ4v) is 4.61. The van der Waals surface area contributed by atoms with Gasteiger partial charge in [-0.3, -0.25) is 9.80 Å². The van der Waals surface area contributed by atoms with Gasteiger partial charge in [0.2, 0.25) is 0 Å². The molecule has 0 radical (unpaired) electrons. The number of likely N-dealkylation sites (tertiary alicyclic amines) is 1. The second-order valence-electron chi connectivity index (χ2n) is 6.94. The molecule has 18 heavy (non-hydrogen) atoms. The highest BCUT2D eigenvalue weighted by molar-refractivity contribution is 5.10. The van der Waals surface area contributed by atoms with Crippen LogP contribution in [0.3, 0.4) is 0 Å². The Morgan fingerprint density at radius 2 is 1.94 bits per heavy atom. The second kappa shape index (κ2) is 4.77. The molecule has 3 heteroatoms. The van der Waals surface area contributed by atoms with Crippen molar-refractivity contribution in [2.75, 3.05) is 32.7 Å². The van der Waals surface area contributed by atoms with Crippen LogP contribution in [0.1, 0.15) is 39.5 Å². The number of nitrogens with zero attached hydrogens (tertiary/aromatic N) is 2. The van der Waals surface area contributed by atoms with Crippen LogP contribution in [0.2, 0.25) is 0 Å². The molecule has 3 heterocycles.